The third-order valence-corrected chi connectivity index (χ3v) is 2.12. The van der Waals surface area contributed by atoms with Gasteiger partial charge in [-0.2, -0.15) is 0 Å². The first kappa shape index (κ1) is 9.41. The molecule has 0 spiro atoms. The second-order valence-electron chi connectivity index (χ2n) is 2.79. The number of aromatic nitrogens is 2. The summed E-state index contributed by atoms with van der Waals surface area (Å²) in [5, 5.41) is 11.6. The molecule has 3 N–H and O–H groups in total. The number of hydrogen-bond donors (Lipinski definition) is 2. The minimum Gasteiger partial charge on any atom is -0.360 e. The summed E-state index contributed by atoms with van der Waals surface area (Å²) in [7, 11) is 0. The van der Waals surface area contributed by atoms with Crippen molar-refractivity contribution in [1.29, 1.82) is 0 Å². The van der Waals surface area contributed by atoms with Gasteiger partial charge in [-0.05, 0) is 19.8 Å². The lowest BCUT2D eigenvalue weighted by atomic mass is 10.2. The number of nitrogens with two attached hydrogens (primary N) is 1. The maximum Gasteiger partial charge on any atom is 0.205 e. The van der Waals surface area contributed by atoms with Gasteiger partial charge < -0.3 is 11.1 Å². The Kier molecular flexibility index (Phi) is 3.96. The van der Waals surface area contributed by atoms with Crippen molar-refractivity contribution in [2.24, 2.45) is 5.73 Å². The van der Waals surface area contributed by atoms with Crippen LogP contribution in [0.15, 0.2) is 5.51 Å². The highest BCUT2D eigenvalue weighted by Gasteiger charge is 1.96. The number of anilines is 1. The Morgan fingerprint density at radius 1 is 1.75 bits per heavy atom. The van der Waals surface area contributed by atoms with E-state index in [1.807, 2.05) is 6.92 Å². The van der Waals surface area contributed by atoms with E-state index < -0.39 is 0 Å². The van der Waals surface area contributed by atoms with Crippen LogP contribution < -0.4 is 11.1 Å². The number of nitrogens with zero attached hydrogens (tertiary/aromatic N) is 2. The van der Waals surface area contributed by atoms with Gasteiger partial charge in [-0.25, -0.2) is 0 Å². The molecule has 0 fully saturated rings. The van der Waals surface area contributed by atoms with E-state index >= 15 is 0 Å². The Hall–Kier alpha value is -0.680. The number of rotatable bonds is 5. The second kappa shape index (κ2) is 5.05. The molecule has 1 unspecified atom stereocenters. The fourth-order valence-corrected chi connectivity index (χ4v) is 1.34. The van der Waals surface area contributed by atoms with Crippen LogP contribution in [0.2, 0.25) is 0 Å². The molecular weight excluding hydrogens is 172 g/mol. The van der Waals surface area contributed by atoms with Gasteiger partial charge in [0.25, 0.3) is 0 Å². The zero-order valence-corrected chi connectivity index (χ0v) is 7.97. The van der Waals surface area contributed by atoms with Crippen LogP contribution in [-0.4, -0.2) is 22.8 Å². The molecule has 0 bridgehead atoms. The summed E-state index contributed by atoms with van der Waals surface area (Å²) >= 11 is 1.52. The molecule has 0 aliphatic heterocycles. The van der Waals surface area contributed by atoms with Gasteiger partial charge >= 0.3 is 0 Å². The quantitative estimate of drug-likeness (QED) is 0.675. The van der Waals surface area contributed by atoms with Crippen molar-refractivity contribution in [3.05, 3.63) is 5.51 Å². The molecule has 5 heteroatoms. The minimum atomic E-state index is 0.293. The Morgan fingerprint density at radius 3 is 3.17 bits per heavy atom. The highest BCUT2D eigenvalue weighted by Crippen LogP contribution is 2.07. The van der Waals surface area contributed by atoms with Gasteiger partial charge in [-0.3, -0.25) is 0 Å². The fourth-order valence-electron chi connectivity index (χ4n) is 0.869. The Balaban J connectivity index is 2.04. The predicted molar refractivity (Wildman–Crippen MR) is 51.3 cm³/mol. The van der Waals surface area contributed by atoms with Crippen LogP contribution >= 0.6 is 11.3 Å². The fraction of sp³-hybridized carbons (Fsp3) is 0.714. The van der Waals surface area contributed by atoms with Crippen LogP contribution in [0.25, 0.3) is 0 Å². The minimum absolute atomic E-state index is 0.293. The molecule has 1 atom stereocenters. The summed E-state index contributed by atoms with van der Waals surface area (Å²) in [6.45, 7) is 2.95. The standard InChI is InChI=1S/C7H14N4S/c1-6(8)3-2-4-9-7-11-10-5-12-7/h5-6H,2-4,8H2,1H3,(H,9,11). The van der Waals surface area contributed by atoms with Crippen molar-refractivity contribution < 1.29 is 0 Å². The van der Waals surface area contributed by atoms with Crippen molar-refractivity contribution in [3.63, 3.8) is 0 Å². The average Bonchev–Trinajstić information content (AvgIpc) is 2.49. The lowest BCUT2D eigenvalue weighted by molar-refractivity contribution is 0.639. The lowest BCUT2D eigenvalue weighted by Crippen LogP contribution is -2.16. The van der Waals surface area contributed by atoms with E-state index in [-0.39, 0.29) is 0 Å². The molecule has 0 aliphatic carbocycles. The Bertz CT molecular complexity index is 197. The largest absolute Gasteiger partial charge is 0.360 e. The molecule has 1 aromatic heterocycles. The average molecular weight is 186 g/mol. The molecule has 1 aromatic rings. The third kappa shape index (κ3) is 3.64. The van der Waals surface area contributed by atoms with Crippen LogP contribution in [0.1, 0.15) is 19.8 Å². The molecule has 0 amide bonds. The van der Waals surface area contributed by atoms with Gasteiger partial charge in [-0.15, -0.1) is 10.2 Å². The molecule has 68 valence electrons. The van der Waals surface area contributed by atoms with E-state index in [0.29, 0.717) is 6.04 Å². The number of nitrogens with one attached hydrogen (secondary N) is 1. The summed E-state index contributed by atoms with van der Waals surface area (Å²) < 4.78 is 0. The second-order valence-corrected chi connectivity index (χ2v) is 3.62. The normalized spacial score (nSPS) is 12.8. The molecule has 0 aliphatic rings. The van der Waals surface area contributed by atoms with Crippen LogP contribution in [0.4, 0.5) is 5.13 Å². The first-order valence-electron chi connectivity index (χ1n) is 4.04. The highest BCUT2D eigenvalue weighted by molar-refractivity contribution is 7.13. The van der Waals surface area contributed by atoms with Crippen LogP contribution in [0.3, 0.4) is 0 Å². The van der Waals surface area contributed by atoms with Crippen molar-refractivity contribution >= 4 is 16.5 Å². The zero-order valence-electron chi connectivity index (χ0n) is 7.16. The summed E-state index contributed by atoms with van der Waals surface area (Å²) in [5.41, 5.74) is 7.31. The van der Waals surface area contributed by atoms with Crippen molar-refractivity contribution in [1.82, 2.24) is 10.2 Å². The highest BCUT2D eigenvalue weighted by atomic mass is 32.1. The first-order chi connectivity index (χ1) is 5.79. The van der Waals surface area contributed by atoms with E-state index in [2.05, 4.69) is 15.5 Å². The van der Waals surface area contributed by atoms with E-state index in [1.54, 1.807) is 5.51 Å². The lowest BCUT2D eigenvalue weighted by Gasteiger charge is -2.04. The smallest absolute Gasteiger partial charge is 0.205 e. The molecule has 4 nitrogen and oxygen atoms in total. The molecule has 12 heavy (non-hydrogen) atoms. The zero-order chi connectivity index (χ0) is 8.81. The van der Waals surface area contributed by atoms with E-state index in [9.17, 15) is 0 Å². The van der Waals surface area contributed by atoms with E-state index in [0.717, 1.165) is 24.5 Å². The molecular formula is C7H14N4S. The monoisotopic (exact) mass is 186 g/mol. The van der Waals surface area contributed by atoms with E-state index in [4.69, 9.17) is 5.73 Å². The van der Waals surface area contributed by atoms with Crippen molar-refractivity contribution in [2.75, 3.05) is 11.9 Å². The molecule has 1 rings (SSSR count). The van der Waals surface area contributed by atoms with Crippen molar-refractivity contribution in [3.8, 4) is 0 Å². The SMILES string of the molecule is CC(N)CCCNc1nncs1. The number of hydrogen-bond acceptors (Lipinski definition) is 5. The first-order valence-corrected chi connectivity index (χ1v) is 4.92. The van der Waals surface area contributed by atoms with Gasteiger partial charge in [0, 0.05) is 12.6 Å². The molecule has 0 radical (unpaired) electrons. The Morgan fingerprint density at radius 2 is 2.58 bits per heavy atom. The van der Waals surface area contributed by atoms with Crippen LogP contribution in [0.5, 0.6) is 0 Å². The van der Waals surface area contributed by atoms with Gasteiger partial charge in [0.15, 0.2) is 0 Å². The maximum atomic E-state index is 5.60. The van der Waals surface area contributed by atoms with E-state index in [1.165, 1.54) is 11.3 Å². The summed E-state index contributed by atoms with van der Waals surface area (Å²) in [5.74, 6) is 0. The molecule has 1 heterocycles. The van der Waals surface area contributed by atoms with Gasteiger partial charge in [0.1, 0.15) is 5.51 Å². The van der Waals surface area contributed by atoms with Gasteiger partial charge in [0.05, 0.1) is 0 Å². The molecule has 0 saturated heterocycles. The summed E-state index contributed by atoms with van der Waals surface area (Å²) in [6.07, 6.45) is 2.13. The van der Waals surface area contributed by atoms with Crippen LogP contribution in [-0.2, 0) is 0 Å². The summed E-state index contributed by atoms with van der Waals surface area (Å²) in [6, 6.07) is 0.293. The molecule has 0 aromatic carbocycles. The van der Waals surface area contributed by atoms with Gasteiger partial charge in [-0.1, -0.05) is 11.3 Å². The maximum absolute atomic E-state index is 5.60. The third-order valence-electron chi connectivity index (χ3n) is 1.47. The Labute approximate surface area is 76.2 Å². The topological polar surface area (TPSA) is 63.8 Å². The predicted octanol–water partition coefficient (Wildman–Crippen LogP) is 1.08. The summed E-state index contributed by atoms with van der Waals surface area (Å²) in [4.78, 5) is 0. The molecule has 0 saturated carbocycles. The van der Waals surface area contributed by atoms with Crippen molar-refractivity contribution in [2.45, 2.75) is 25.8 Å². The van der Waals surface area contributed by atoms with Gasteiger partial charge in [0.2, 0.25) is 5.13 Å². The van der Waals surface area contributed by atoms with Crippen LogP contribution in [0, 0.1) is 0 Å².